The smallest absolute Gasteiger partial charge is 0.313 e. The van der Waals surface area contributed by atoms with Crippen LogP contribution in [0.2, 0.25) is 0 Å². The van der Waals surface area contributed by atoms with Crippen LogP contribution in [0.3, 0.4) is 0 Å². The first-order valence-electron chi connectivity index (χ1n) is 2.31. The predicted molar refractivity (Wildman–Crippen MR) is 40.8 cm³/mol. The molecule has 0 fully saturated rings. The average molecular weight is 162 g/mol. The zero-order valence-corrected chi connectivity index (χ0v) is 6.17. The molecule has 0 bridgehead atoms. The molecule has 3 nitrogen and oxygen atoms in total. The van der Waals surface area contributed by atoms with E-state index in [4.69, 9.17) is 5.73 Å². The normalized spacial score (nSPS) is 18.2. The van der Waals surface area contributed by atoms with Gasteiger partial charge in [-0.1, -0.05) is 23.5 Å². The quantitative estimate of drug-likeness (QED) is 0.602. The van der Waals surface area contributed by atoms with Crippen molar-refractivity contribution in [2.24, 2.45) is 5.73 Å². The molecule has 0 aromatic rings. The molecule has 0 aromatic heterocycles. The summed E-state index contributed by atoms with van der Waals surface area (Å²) in [5.41, 5.74) is 4.87. The number of nitrogens with two attached hydrogens (primary N) is 1. The van der Waals surface area contributed by atoms with Gasteiger partial charge in [-0.05, 0) is 10.8 Å². The Morgan fingerprint density at radius 2 is 2.11 bits per heavy atom. The van der Waals surface area contributed by atoms with Gasteiger partial charge < -0.3 is 11.1 Å². The highest BCUT2D eigenvalue weighted by atomic mass is 32.2. The Balaban J connectivity index is 2.22. The summed E-state index contributed by atoms with van der Waals surface area (Å²) in [4.78, 5) is 10.2. The first-order valence-corrected chi connectivity index (χ1v) is 4.19. The summed E-state index contributed by atoms with van der Waals surface area (Å²) >= 11 is 3.08. The second kappa shape index (κ2) is 3.03. The highest BCUT2D eigenvalue weighted by molar-refractivity contribution is 8.22. The van der Waals surface area contributed by atoms with E-state index in [1.54, 1.807) is 23.5 Å². The summed E-state index contributed by atoms with van der Waals surface area (Å²) in [6, 6.07) is -0.469. The number of nitrogens with one attached hydrogen (secondary N) is 1. The third-order valence-corrected chi connectivity index (χ3v) is 2.88. The van der Waals surface area contributed by atoms with E-state index in [1.165, 1.54) is 0 Å². The van der Waals surface area contributed by atoms with Crippen molar-refractivity contribution in [3.8, 4) is 0 Å². The van der Waals surface area contributed by atoms with E-state index in [1.807, 2.05) is 10.8 Å². The molecule has 0 aromatic carbocycles. The molecule has 0 unspecified atom stereocenters. The summed E-state index contributed by atoms with van der Waals surface area (Å²) in [7, 11) is 0. The highest BCUT2D eigenvalue weighted by Crippen LogP contribution is 2.30. The van der Waals surface area contributed by atoms with Gasteiger partial charge >= 0.3 is 6.03 Å². The van der Waals surface area contributed by atoms with Crippen LogP contribution in [0.1, 0.15) is 0 Å². The number of carbonyl (C=O) groups is 1. The SMILES string of the molecule is NC(=O)NC1SC=CS1. The van der Waals surface area contributed by atoms with Gasteiger partial charge in [0.25, 0.3) is 0 Å². The molecule has 0 radical (unpaired) electrons. The molecule has 2 amide bonds. The van der Waals surface area contributed by atoms with Crippen molar-refractivity contribution in [2.75, 3.05) is 0 Å². The van der Waals surface area contributed by atoms with E-state index in [0.717, 1.165) is 0 Å². The van der Waals surface area contributed by atoms with E-state index in [9.17, 15) is 4.79 Å². The number of rotatable bonds is 1. The molecule has 1 heterocycles. The van der Waals surface area contributed by atoms with Gasteiger partial charge in [0, 0.05) is 0 Å². The standard InChI is InChI=1S/C4H6N2OS2/c5-3(7)6-4-8-1-2-9-4/h1-2,4H,(H3,5,6,7). The first-order chi connectivity index (χ1) is 4.29. The minimum atomic E-state index is -0.469. The lowest BCUT2D eigenvalue weighted by Gasteiger charge is -2.05. The zero-order valence-electron chi connectivity index (χ0n) is 4.53. The van der Waals surface area contributed by atoms with Crippen molar-refractivity contribution in [3.63, 3.8) is 0 Å². The van der Waals surface area contributed by atoms with Crippen LogP contribution in [0.25, 0.3) is 0 Å². The van der Waals surface area contributed by atoms with Gasteiger partial charge in [0.15, 0.2) is 0 Å². The molecular weight excluding hydrogens is 156 g/mol. The molecule has 3 N–H and O–H groups in total. The predicted octanol–water partition coefficient (Wildman–Crippen LogP) is 0.890. The first kappa shape index (κ1) is 6.82. The lowest BCUT2D eigenvalue weighted by molar-refractivity contribution is 0.250. The number of primary amides is 1. The van der Waals surface area contributed by atoms with Crippen LogP contribution in [0.5, 0.6) is 0 Å². The molecule has 1 rings (SSSR count). The van der Waals surface area contributed by atoms with Crippen LogP contribution in [-0.4, -0.2) is 10.7 Å². The Bertz CT molecular complexity index is 140. The molecule has 1 aliphatic rings. The van der Waals surface area contributed by atoms with Crippen LogP contribution in [-0.2, 0) is 0 Å². The lowest BCUT2D eigenvalue weighted by atomic mass is 11.0. The second-order valence-electron chi connectivity index (χ2n) is 1.38. The Morgan fingerprint density at radius 1 is 1.56 bits per heavy atom. The lowest BCUT2D eigenvalue weighted by Crippen LogP contribution is -2.33. The molecule has 50 valence electrons. The maximum absolute atomic E-state index is 10.2. The van der Waals surface area contributed by atoms with Crippen LogP contribution in [0, 0.1) is 0 Å². The summed E-state index contributed by atoms with van der Waals surface area (Å²) in [5, 5.41) is 6.39. The minimum Gasteiger partial charge on any atom is -0.352 e. The van der Waals surface area contributed by atoms with E-state index >= 15 is 0 Å². The highest BCUT2D eigenvalue weighted by Gasteiger charge is 2.11. The molecule has 0 spiro atoms. The number of hydrogen-bond donors (Lipinski definition) is 2. The third kappa shape index (κ3) is 2.19. The fraction of sp³-hybridized carbons (Fsp3) is 0.250. The van der Waals surface area contributed by atoms with Crippen LogP contribution in [0.15, 0.2) is 10.8 Å². The number of hydrogen-bond acceptors (Lipinski definition) is 3. The third-order valence-electron chi connectivity index (χ3n) is 0.720. The van der Waals surface area contributed by atoms with Gasteiger partial charge in [0.1, 0.15) is 4.71 Å². The molecule has 0 aliphatic carbocycles. The van der Waals surface area contributed by atoms with Gasteiger partial charge in [-0.25, -0.2) is 4.79 Å². The van der Waals surface area contributed by atoms with Gasteiger partial charge in [-0.15, -0.1) is 0 Å². The molecule has 0 atom stereocenters. The van der Waals surface area contributed by atoms with Crippen LogP contribution < -0.4 is 11.1 Å². The summed E-state index contributed by atoms with van der Waals surface area (Å²) in [6.07, 6.45) is 0. The Labute approximate surface area is 61.4 Å². The maximum Gasteiger partial charge on any atom is 0.313 e. The number of thioether (sulfide) groups is 2. The van der Waals surface area contributed by atoms with Crippen LogP contribution >= 0.6 is 23.5 Å². The summed E-state index contributed by atoms with van der Waals surface area (Å²) in [5.74, 6) is 0. The monoisotopic (exact) mass is 162 g/mol. The molecular formula is C4H6N2OS2. The van der Waals surface area contributed by atoms with E-state index in [-0.39, 0.29) is 4.71 Å². The van der Waals surface area contributed by atoms with Crippen molar-refractivity contribution in [1.82, 2.24) is 5.32 Å². The van der Waals surface area contributed by atoms with Crippen molar-refractivity contribution in [1.29, 1.82) is 0 Å². The molecule has 0 saturated carbocycles. The van der Waals surface area contributed by atoms with Crippen molar-refractivity contribution < 1.29 is 4.79 Å². The molecule has 9 heavy (non-hydrogen) atoms. The van der Waals surface area contributed by atoms with Crippen LogP contribution in [0.4, 0.5) is 4.79 Å². The fourth-order valence-corrected chi connectivity index (χ4v) is 2.23. The fourth-order valence-electron chi connectivity index (χ4n) is 0.423. The van der Waals surface area contributed by atoms with Crippen molar-refractivity contribution in [2.45, 2.75) is 4.71 Å². The van der Waals surface area contributed by atoms with Gasteiger partial charge in [-0.3, -0.25) is 0 Å². The van der Waals surface area contributed by atoms with Crippen molar-refractivity contribution in [3.05, 3.63) is 10.8 Å². The zero-order chi connectivity index (χ0) is 6.69. The number of urea groups is 1. The van der Waals surface area contributed by atoms with E-state index in [2.05, 4.69) is 5.32 Å². The van der Waals surface area contributed by atoms with Gasteiger partial charge in [0.2, 0.25) is 0 Å². The Hall–Kier alpha value is -0.290. The number of carbonyl (C=O) groups excluding carboxylic acids is 1. The Morgan fingerprint density at radius 3 is 2.56 bits per heavy atom. The maximum atomic E-state index is 10.2. The van der Waals surface area contributed by atoms with Gasteiger partial charge in [0.05, 0.1) is 0 Å². The topological polar surface area (TPSA) is 55.1 Å². The minimum absolute atomic E-state index is 0.0856. The molecule has 0 saturated heterocycles. The average Bonchev–Trinajstić information content (AvgIpc) is 2.15. The second-order valence-corrected chi connectivity index (χ2v) is 3.71. The summed E-state index contributed by atoms with van der Waals surface area (Å²) < 4.78 is 0.0856. The molecule has 5 heteroatoms. The van der Waals surface area contributed by atoms with Gasteiger partial charge in [-0.2, -0.15) is 0 Å². The molecule has 1 aliphatic heterocycles. The largest absolute Gasteiger partial charge is 0.352 e. The Kier molecular flexibility index (Phi) is 2.29. The number of amides is 2. The summed E-state index contributed by atoms with van der Waals surface area (Å²) in [6.45, 7) is 0. The van der Waals surface area contributed by atoms with E-state index in [0.29, 0.717) is 0 Å². The van der Waals surface area contributed by atoms with Crippen molar-refractivity contribution >= 4 is 29.6 Å². The van der Waals surface area contributed by atoms with E-state index < -0.39 is 6.03 Å².